The summed E-state index contributed by atoms with van der Waals surface area (Å²) in [6.07, 6.45) is -6.68. The Bertz CT molecular complexity index is 2180. The van der Waals surface area contributed by atoms with Crippen molar-refractivity contribution in [3.8, 4) is 0 Å². The van der Waals surface area contributed by atoms with E-state index in [9.17, 15) is 57.9 Å². The van der Waals surface area contributed by atoms with Crippen molar-refractivity contribution in [2.45, 2.75) is 84.0 Å². The second kappa shape index (κ2) is 21.6. The van der Waals surface area contributed by atoms with E-state index < -0.39 is 84.6 Å². The van der Waals surface area contributed by atoms with Crippen LogP contribution in [0.2, 0.25) is 0 Å². The van der Waals surface area contributed by atoms with Crippen LogP contribution in [-0.2, 0) is 57.1 Å². The van der Waals surface area contributed by atoms with Gasteiger partial charge in [0, 0.05) is 30.7 Å². The van der Waals surface area contributed by atoms with Crippen LogP contribution in [0.25, 0.3) is 11.2 Å². The molecular formula is C34H48N7O17P3S-4. The number of phosphoric ester groups is 3. The first kappa shape index (κ1) is 51.4. The van der Waals surface area contributed by atoms with Gasteiger partial charge in [-0.15, -0.1) is 0 Å². The maximum Gasteiger partial charge on any atom is 0.274 e. The van der Waals surface area contributed by atoms with Crippen LogP contribution in [0.5, 0.6) is 0 Å². The molecule has 0 bridgehead atoms. The van der Waals surface area contributed by atoms with Crippen LogP contribution in [-0.4, -0.2) is 103 Å². The number of carbonyl (C=O) groups is 3. The fourth-order valence-electron chi connectivity index (χ4n) is 5.93. The molecule has 0 saturated carbocycles. The molecule has 1 aliphatic heterocycles. The number of imidazole rings is 1. The maximum atomic E-state index is 12.7. The minimum absolute atomic E-state index is 0.0222. The number of aromatic nitrogens is 4. The first-order chi connectivity index (χ1) is 28.8. The number of carbonyl (C=O) groups excluding carboxylic acids is 3. The zero-order valence-electron chi connectivity index (χ0n) is 34.1. The van der Waals surface area contributed by atoms with Crippen molar-refractivity contribution >= 4 is 69.1 Å². The Hall–Kier alpha value is -3.22. The van der Waals surface area contributed by atoms with Crippen molar-refractivity contribution < 1.29 is 80.5 Å². The third kappa shape index (κ3) is 14.9. The number of amides is 2. The zero-order chi connectivity index (χ0) is 46.2. The van der Waals surface area contributed by atoms with Crippen LogP contribution in [0.3, 0.4) is 0 Å². The average Bonchev–Trinajstić information content (AvgIpc) is 3.74. The summed E-state index contributed by atoms with van der Waals surface area (Å²) in [5.41, 5.74) is 6.15. The van der Waals surface area contributed by atoms with Crippen molar-refractivity contribution in [3.63, 3.8) is 0 Å². The lowest BCUT2D eigenvalue weighted by Gasteiger charge is -2.36. The fourth-order valence-corrected chi connectivity index (χ4v) is 9.46. The topological polar surface area (TPSA) is 375 Å². The van der Waals surface area contributed by atoms with Crippen molar-refractivity contribution in [3.05, 3.63) is 48.0 Å². The predicted octanol–water partition coefficient (Wildman–Crippen LogP) is -0.861. The predicted molar refractivity (Wildman–Crippen MR) is 212 cm³/mol. The van der Waals surface area contributed by atoms with Crippen molar-refractivity contribution in [2.24, 2.45) is 11.3 Å². The Morgan fingerprint density at radius 1 is 1.00 bits per heavy atom. The highest BCUT2D eigenvalue weighted by molar-refractivity contribution is 8.13. The molecule has 1 fully saturated rings. The number of rotatable bonds is 23. The molecule has 3 aromatic rings. The summed E-state index contributed by atoms with van der Waals surface area (Å²) in [7, 11) is -17.6. The minimum atomic E-state index is -5.92. The Labute approximate surface area is 360 Å². The van der Waals surface area contributed by atoms with Crippen LogP contribution in [0.1, 0.15) is 64.3 Å². The highest BCUT2D eigenvalue weighted by atomic mass is 32.2. The van der Waals surface area contributed by atoms with E-state index in [2.05, 4.69) is 57.3 Å². The van der Waals surface area contributed by atoms with Crippen LogP contribution in [0.15, 0.2) is 36.9 Å². The number of aliphatic hydroxyl groups excluding tert-OH is 2. The number of phosphoric acid groups is 3. The zero-order valence-corrected chi connectivity index (χ0v) is 37.6. The van der Waals surface area contributed by atoms with E-state index in [4.69, 9.17) is 10.5 Å². The molecule has 0 spiro atoms. The van der Waals surface area contributed by atoms with Gasteiger partial charge in [0.05, 0.1) is 33.3 Å². The number of fused-ring (bicyclic) bond motifs is 1. The van der Waals surface area contributed by atoms with Gasteiger partial charge < -0.3 is 69.0 Å². The second-order valence-electron chi connectivity index (χ2n) is 15.2. The number of anilines is 1. The Kier molecular flexibility index (Phi) is 17.9. The number of nitrogens with two attached hydrogens (primary N) is 1. The molecule has 8 unspecified atom stereocenters. The van der Waals surface area contributed by atoms with Crippen molar-refractivity contribution in [2.75, 3.05) is 37.8 Å². The number of nitrogens with zero attached hydrogens (tertiary/aromatic N) is 4. The average molecular weight is 952 g/mol. The van der Waals surface area contributed by atoms with Crippen LogP contribution in [0, 0.1) is 11.3 Å². The molecule has 62 heavy (non-hydrogen) atoms. The summed E-state index contributed by atoms with van der Waals surface area (Å²) in [4.78, 5) is 97.2. The first-order valence-corrected chi connectivity index (χ1v) is 24.2. The molecule has 2 aromatic heterocycles. The maximum absolute atomic E-state index is 12.7. The molecule has 0 radical (unpaired) electrons. The number of aliphatic hydroxyl groups is 2. The molecule has 4 rings (SSSR count). The largest absolute Gasteiger partial charge is 0.790 e. The molecule has 1 aromatic carbocycles. The quantitative estimate of drug-likeness (QED) is 0.0570. The second-order valence-corrected chi connectivity index (χ2v) is 20.4. The van der Waals surface area contributed by atoms with Crippen LogP contribution < -0.4 is 35.9 Å². The van der Waals surface area contributed by atoms with E-state index in [-0.39, 0.29) is 47.5 Å². The van der Waals surface area contributed by atoms with Gasteiger partial charge in [-0.1, -0.05) is 70.6 Å². The Morgan fingerprint density at radius 3 is 2.31 bits per heavy atom. The van der Waals surface area contributed by atoms with E-state index in [1.807, 2.05) is 31.2 Å². The number of nitrogens with one attached hydrogen (secondary N) is 2. The van der Waals surface area contributed by atoms with Gasteiger partial charge in [0.1, 0.15) is 36.3 Å². The number of hydrogen-bond donors (Lipinski definition) is 5. The molecule has 6 N–H and O–H groups in total. The number of hydrogen-bond acceptors (Lipinski definition) is 22. The number of nitrogen functional groups attached to an aromatic ring is 1. The van der Waals surface area contributed by atoms with Gasteiger partial charge in [-0.05, 0) is 23.5 Å². The molecule has 24 nitrogen and oxygen atoms in total. The summed E-state index contributed by atoms with van der Waals surface area (Å²) in [6.45, 7) is 6.14. The molecule has 3 heterocycles. The van der Waals surface area contributed by atoms with Crippen LogP contribution in [0.4, 0.5) is 5.82 Å². The third-order valence-corrected chi connectivity index (χ3v) is 13.3. The summed E-state index contributed by atoms with van der Waals surface area (Å²) >= 11 is 1.08. The van der Waals surface area contributed by atoms with E-state index in [1.54, 1.807) is 0 Å². The number of thioether (sulfide) groups is 1. The molecule has 1 saturated heterocycles. The lowest BCUT2D eigenvalue weighted by atomic mass is 9.87. The van der Waals surface area contributed by atoms with Gasteiger partial charge in [-0.3, -0.25) is 28.1 Å². The first-order valence-electron chi connectivity index (χ1n) is 18.9. The summed E-state index contributed by atoms with van der Waals surface area (Å²) in [5, 5.41) is 26.3. The lowest BCUT2D eigenvalue weighted by Crippen LogP contribution is -2.46. The van der Waals surface area contributed by atoms with Gasteiger partial charge in [0.25, 0.3) is 15.6 Å². The monoisotopic (exact) mass is 951 g/mol. The van der Waals surface area contributed by atoms with E-state index in [1.165, 1.54) is 19.4 Å². The fraction of sp³-hybridized carbons (Fsp3) is 0.588. The van der Waals surface area contributed by atoms with Gasteiger partial charge >= 0.3 is 0 Å². The third-order valence-electron chi connectivity index (χ3n) is 9.20. The normalized spacial score (nSPS) is 21.3. The van der Waals surface area contributed by atoms with E-state index >= 15 is 0 Å². The number of benzene rings is 1. The van der Waals surface area contributed by atoms with Crippen molar-refractivity contribution in [1.82, 2.24) is 30.2 Å². The standard InChI is InChI=1S/C34H52N7O17P3S/c1-19(2)14-21-6-8-22(9-7-21)20(3)33(46)62-13-12-36-24(42)10-11-37-31(45)28(44)34(4,5)16-55-61(52,53)58-60(50,51)54-15-23-27(57-59(47,48)49)26(43)32(56-23)41-18-40-25-29(35)38-17-39-30(25)41/h6-9,17-20,23,26-28,32,43-44H,10-16H2,1-5H3,(H,36,42)(H,37,45)(H,50,51)(H,52,53)(H2,35,38,39)(H2,47,48,49)/p-4. The summed E-state index contributed by atoms with van der Waals surface area (Å²) in [5.74, 6) is -1.08. The van der Waals surface area contributed by atoms with E-state index in [0.717, 1.165) is 41.0 Å². The molecule has 1 aliphatic rings. The van der Waals surface area contributed by atoms with Gasteiger partial charge in [0.2, 0.25) is 11.8 Å². The molecule has 346 valence electrons. The SMILES string of the molecule is CC(C)Cc1ccc(C(C)C(=O)SCCNC(=O)CCNC(=O)C(O)C(C)(C)COP(=O)([O-])OP(=O)([O-])OCC2OC(n3cnc4c(N)ncnc43)C(O)C2OP(=O)([O-])[O-])cc1. The Morgan fingerprint density at radius 2 is 1.66 bits per heavy atom. The molecule has 28 heteroatoms. The molecule has 2 amide bonds. The van der Waals surface area contributed by atoms with Gasteiger partial charge in [-0.2, -0.15) is 0 Å². The summed E-state index contributed by atoms with van der Waals surface area (Å²) < 4.78 is 60.7. The number of ether oxygens (including phenoxy) is 1. The highest BCUT2D eigenvalue weighted by Crippen LogP contribution is 2.56. The molecule has 8 atom stereocenters. The molecular weight excluding hydrogens is 903 g/mol. The highest BCUT2D eigenvalue weighted by Gasteiger charge is 2.47. The van der Waals surface area contributed by atoms with Crippen LogP contribution >= 0.6 is 35.2 Å². The van der Waals surface area contributed by atoms with Gasteiger partial charge in [0.15, 0.2) is 22.8 Å². The van der Waals surface area contributed by atoms with E-state index in [0.29, 0.717) is 11.7 Å². The van der Waals surface area contributed by atoms with Crippen molar-refractivity contribution in [1.29, 1.82) is 0 Å². The summed E-state index contributed by atoms with van der Waals surface area (Å²) in [6, 6.07) is 7.90. The lowest BCUT2D eigenvalue weighted by molar-refractivity contribution is -0.347. The minimum Gasteiger partial charge on any atom is -0.790 e. The smallest absolute Gasteiger partial charge is 0.274 e. The Balaban J connectivity index is 1.19. The van der Waals surface area contributed by atoms with Gasteiger partial charge in [-0.25, -0.2) is 19.3 Å². The molecule has 0 aliphatic carbocycles.